The summed E-state index contributed by atoms with van der Waals surface area (Å²) < 4.78 is 0.781. The van der Waals surface area contributed by atoms with Gasteiger partial charge in [0.15, 0.2) is 4.34 Å². The number of hydrogen-bond acceptors (Lipinski definition) is 6. The van der Waals surface area contributed by atoms with Gasteiger partial charge in [0.1, 0.15) is 0 Å². The molecule has 0 unspecified atom stereocenters. The first kappa shape index (κ1) is 15.8. The molecule has 1 atom stereocenters. The first-order valence-electron chi connectivity index (χ1n) is 6.55. The summed E-state index contributed by atoms with van der Waals surface area (Å²) in [6.45, 7) is 5.86. The van der Waals surface area contributed by atoms with E-state index in [9.17, 15) is 4.79 Å². The maximum atomic E-state index is 12.3. The highest BCUT2D eigenvalue weighted by Gasteiger charge is 2.17. The molecule has 0 aliphatic heterocycles. The van der Waals surface area contributed by atoms with Crippen molar-refractivity contribution in [2.75, 3.05) is 17.7 Å². The minimum Gasteiger partial charge on any atom is -0.363 e. The number of carbonyl (C=O) groups excluding carboxylic acids is 1. The van der Waals surface area contributed by atoms with Crippen LogP contribution in [0.4, 0.5) is 10.8 Å². The van der Waals surface area contributed by atoms with Gasteiger partial charge in [-0.05, 0) is 38.0 Å². The molecule has 1 amide bonds. The van der Waals surface area contributed by atoms with Crippen LogP contribution in [-0.4, -0.2) is 28.4 Å². The second kappa shape index (κ2) is 6.91. The second-order valence-corrected chi connectivity index (χ2v) is 7.26. The van der Waals surface area contributed by atoms with E-state index in [-0.39, 0.29) is 11.2 Å². The highest BCUT2D eigenvalue weighted by molar-refractivity contribution is 8.02. The number of aromatic nitrogens is 2. The van der Waals surface area contributed by atoms with E-state index in [0.717, 1.165) is 26.3 Å². The van der Waals surface area contributed by atoms with Gasteiger partial charge < -0.3 is 10.6 Å². The molecule has 2 aromatic rings. The Bertz CT molecular complexity index is 642. The fourth-order valence-corrected chi connectivity index (χ4v) is 3.52. The standard InChI is InChI=1S/C14H18N4OS2/c1-8-5-6-9(2)11(7-8)16-12(19)10(3)20-14-18-17-13(15-4)21-14/h5-7,10H,1-4H3,(H,15,17)(H,16,19)/t10-/m1/s1. The minimum absolute atomic E-state index is 0.0325. The van der Waals surface area contributed by atoms with E-state index in [2.05, 4.69) is 20.8 Å². The van der Waals surface area contributed by atoms with E-state index in [1.165, 1.54) is 23.1 Å². The van der Waals surface area contributed by atoms with E-state index < -0.39 is 0 Å². The molecule has 5 nitrogen and oxygen atoms in total. The molecule has 1 aromatic carbocycles. The lowest BCUT2D eigenvalue weighted by molar-refractivity contribution is -0.115. The first-order chi connectivity index (χ1) is 9.99. The molecule has 0 saturated heterocycles. The number of rotatable bonds is 5. The van der Waals surface area contributed by atoms with Crippen LogP contribution in [0.2, 0.25) is 0 Å². The normalized spacial score (nSPS) is 12.0. The summed E-state index contributed by atoms with van der Waals surface area (Å²) in [5.41, 5.74) is 3.04. The Kier molecular flexibility index (Phi) is 5.19. The van der Waals surface area contributed by atoms with Gasteiger partial charge in [0, 0.05) is 12.7 Å². The number of nitrogens with zero attached hydrogens (tertiary/aromatic N) is 2. The van der Waals surface area contributed by atoms with Crippen LogP contribution < -0.4 is 10.6 Å². The molecular formula is C14H18N4OS2. The van der Waals surface area contributed by atoms with Gasteiger partial charge in [-0.2, -0.15) is 0 Å². The molecule has 0 saturated carbocycles. The molecule has 2 N–H and O–H groups in total. The Morgan fingerprint density at radius 2 is 2.10 bits per heavy atom. The lowest BCUT2D eigenvalue weighted by atomic mass is 10.1. The number of aryl methyl sites for hydroxylation is 2. The molecule has 0 radical (unpaired) electrons. The molecular weight excluding hydrogens is 304 g/mol. The molecule has 1 aromatic heterocycles. The van der Waals surface area contributed by atoms with Crippen LogP contribution in [0.3, 0.4) is 0 Å². The maximum Gasteiger partial charge on any atom is 0.237 e. The third kappa shape index (κ3) is 4.18. The zero-order valence-electron chi connectivity index (χ0n) is 12.4. The average Bonchev–Trinajstić information content (AvgIpc) is 2.90. The Labute approximate surface area is 132 Å². The van der Waals surface area contributed by atoms with Crippen molar-refractivity contribution < 1.29 is 4.79 Å². The van der Waals surface area contributed by atoms with Crippen molar-refractivity contribution in [1.82, 2.24) is 10.2 Å². The minimum atomic E-state index is -0.234. The number of carbonyl (C=O) groups is 1. The summed E-state index contributed by atoms with van der Waals surface area (Å²) in [4.78, 5) is 12.3. The Morgan fingerprint density at radius 3 is 2.76 bits per heavy atom. The van der Waals surface area contributed by atoms with Crippen LogP contribution in [-0.2, 0) is 4.79 Å². The molecule has 2 rings (SSSR count). The molecule has 7 heteroatoms. The third-order valence-electron chi connectivity index (χ3n) is 2.92. The Morgan fingerprint density at radius 1 is 1.33 bits per heavy atom. The van der Waals surface area contributed by atoms with Crippen molar-refractivity contribution in [3.63, 3.8) is 0 Å². The second-order valence-electron chi connectivity index (χ2n) is 4.69. The van der Waals surface area contributed by atoms with Crippen molar-refractivity contribution in [2.24, 2.45) is 0 Å². The summed E-state index contributed by atoms with van der Waals surface area (Å²) in [5, 5.41) is 14.4. The van der Waals surface area contributed by atoms with Crippen LogP contribution >= 0.6 is 23.1 Å². The van der Waals surface area contributed by atoms with Gasteiger partial charge in [-0.3, -0.25) is 4.79 Å². The van der Waals surface area contributed by atoms with Gasteiger partial charge in [-0.1, -0.05) is 35.2 Å². The van der Waals surface area contributed by atoms with E-state index in [1.807, 2.05) is 39.0 Å². The molecule has 0 aliphatic carbocycles. The zero-order valence-corrected chi connectivity index (χ0v) is 14.1. The fraction of sp³-hybridized carbons (Fsp3) is 0.357. The number of amides is 1. The van der Waals surface area contributed by atoms with Crippen molar-refractivity contribution in [1.29, 1.82) is 0 Å². The van der Waals surface area contributed by atoms with Crippen molar-refractivity contribution >= 4 is 39.8 Å². The van der Waals surface area contributed by atoms with Crippen LogP contribution in [0.25, 0.3) is 0 Å². The number of nitrogens with one attached hydrogen (secondary N) is 2. The summed E-state index contributed by atoms with van der Waals surface area (Å²) >= 11 is 2.85. The van der Waals surface area contributed by atoms with Gasteiger partial charge in [-0.25, -0.2) is 0 Å². The highest BCUT2D eigenvalue weighted by atomic mass is 32.2. The topological polar surface area (TPSA) is 66.9 Å². The molecule has 112 valence electrons. The molecule has 0 aliphatic rings. The lowest BCUT2D eigenvalue weighted by Crippen LogP contribution is -2.22. The van der Waals surface area contributed by atoms with Crippen molar-refractivity contribution in [3.05, 3.63) is 29.3 Å². The number of thioether (sulfide) groups is 1. The molecule has 0 fully saturated rings. The van der Waals surface area contributed by atoms with E-state index in [0.29, 0.717) is 0 Å². The van der Waals surface area contributed by atoms with E-state index >= 15 is 0 Å². The van der Waals surface area contributed by atoms with Crippen molar-refractivity contribution in [3.8, 4) is 0 Å². The molecule has 0 bridgehead atoms. The summed E-state index contributed by atoms with van der Waals surface area (Å²) in [6.07, 6.45) is 0. The zero-order chi connectivity index (χ0) is 15.4. The largest absolute Gasteiger partial charge is 0.363 e. The maximum absolute atomic E-state index is 12.3. The fourth-order valence-electron chi connectivity index (χ4n) is 1.67. The van der Waals surface area contributed by atoms with Crippen LogP contribution in [0.15, 0.2) is 22.5 Å². The van der Waals surface area contributed by atoms with E-state index in [4.69, 9.17) is 0 Å². The molecule has 0 spiro atoms. The molecule has 21 heavy (non-hydrogen) atoms. The number of benzene rings is 1. The van der Waals surface area contributed by atoms with Gasteiger partial charge in [-0.15, -0.1) is 10.2 Å². The van der Waals surface area contributed by atoms with Crippen molar-refractivity contribution in [2.45, 2.75) is 30.4 Å². The Balaban J connectivity index is 2.00. The summed E-state index contributed by atoms with van der Waals surface area (Å²) in [6, 6.07) is 6.02. The van der Waals surface area contributed by atoms with Crippen LogP contribution in [0, 0.1) is 13.8 Å². The quantitative estimate of drug-likeness (QED) is 0.827. The summed E-state index contributed by atoms with van der Waals surface area (Å²) in [7, 11) is 1.80. The third-order valence-corrected chi connectivity index (χ3v) is 5.04. The van der Waals surface area contributed by atoms with Gasteiger partial charge in [0.25, 0.3) is 0 Å². The average molecular weight is 322 g/mol. The van der Waals surface area contributed by atoms with Gasteiger partial charge in [0.05, 0.1) is 5.25 Å². The van der Waals surface area contributed by atoms with Gasteiger partial charge in [0.2, 0.25) is 11.0 Å². The predicted molar refractivity (Wildman–Crippen MR) is 89.3 cm³/mol. The summed E-state index contributed by atoms with van der Waals surface area (Å²) in [5.74, 6) is -0.0325. The number of anilines is 2. The molecule has 1 heterocycles. The van der Waals surface area contributed by atoms with E-state index in [1.54, 1.807) is 7.05 Å². The van der Waals surface area contributed by atoms with Crippen LogP contribution in [0.5, 0.6) is 0 Å². The monoisotopic (exact) mass is 322 g/mol. The highest BCUT2D eigenvalue weighted by Crippen LogP contribution is 2.29. The van der Waals surface area contributed by atoms with Crippen LogP contribution in [0.1, 0.15) is 18.1 Å². The van der Waals surface area contributed by atoms with Gasteiger partial charge >= 0.3 is 0 Å². The smallest absolute Gasteiger partial charge is 0.237 e. The SMILES string of the molecule is CNc1nnc(S[C@H](C)C(=O)Nc2cc(C)ccc2C)s1. The Hall–Kier alpha value is -1.60. The first-order valence-corrected chi connectivity index (χ1v) is 8.25. The predicted octanol–water partition coefficient (Wildman–Crippen LogP) is 3.32. The number of hydrogen-bond donors (Lipinski definition) is 2. The lowest BCUT2D eigenvalue weighted by Gasteiger charge is -2.12.